The Hall–Kier alpha value is -3.55. The van der Waals surface area contributed by atoms with Crippen LogP contribution in [0.1, 0.15) is 28.8 Å². The molecule has 0 aliphatic carbocycles. The standard InChI is InChI=1S/C23H24N4O4/c1-16-6-9-27(18-4-5-19-20(11-18)31-15-30-19)23(29)21(16)22(28)26-8-2-3-17(13-26)12-25-10-7-24-14-25/h4-7,9-11,14,17H,2-3,8,12-13,15H2,1H3. The molecule has 2 aliphatic heterocycles. The lowest BCUT2D eigenvalue weighted by molar-refractivity contribution is 0.0659. The third kappa shape index (κ3) is 3.69. The lowest BCUT2D eigenvalue weighted by Crippen LogP contribution is -2.43. The fraction of sp³-hybridized carbons (Fsp3) is 0.348. The Bertz CT molecular complexity index is 1170. The molecular formula is C23H24N4O4. The number of benzene rings is 1. The lowest BCUT2D eigenvalue weighted by Gasteiger charge is -2.33. The van der Waals surface area contributed by atoms with E-state index in [2.05, 4.69) is 4.98 Å². The minimum atomic E-state index is -0.319. The van der Waals surface area contributed by atoms with Gasteiger partial charge in [0.05, 0.1) is 12.0 Å². The van der Waals surface area contributed by atoms with Crippen molar-refractivity contribution in [1.29, 1.82) is 0 Å². The fourth-order valence-electron chi connectivity index (χ4n) is 4.37. The van der Waals surface area contributed by atoms with Gasteiger partial charge in [-0.15, -0.1) is 0 Å². The van der Waals surface area contributed by atoms with Gasteiger partial charge in [-0.2, -0.15) is 0 Å². The van der Waals surface area contributed by atoms with Crippen molar-refractivity contribution in [1.82, 2.24) is 19.0 Å². The summed E-state index contributed by atoms with van der Waals surface area (Å²) in [6, 6.07) is 7.14. The van der Waals surface area contributed by atoms with Crippen molar-refractivity contribution in [2.45, 2.75) is 26.3 Å². The number of hydrogen-bond donors (Lipinski definition) is 0. The van der Waals surface area contributed by atoms with Crippen molar-refractivity contribution in [3.05, 3.63) is 70.7 Å². The summed E-state index contributed by atoms with van der Waals surface area (Å²) in [6.07, 6.45) is 9.17. The van der Waals surface area contributed by atoms with E-state index in [1.54, 1.807) is 36.9 Å². The Labute approximate surface area is 179 Å². The quantitative estimate of drug-likeness (QED) is 0.648. The summed E-state index contributed by atoms with van der Waals surface area (Å²) in [7, 11) is 0. The minimum absolute atomic E-state index is 0.167. The molecule has 3 aromatic rings. The molecule has 31 heavy (non-hydrogen) atoms. The van der Waals surface area contributed by atoms with Crippen LogP contribution in [-0.2, 0) is 6.54 Å². The maximum Gasteiger partial charge on any atom is 0.268 e. The largest absolute Gasteiger partial charge is 0.454 e. The molecule has 0 saturated carbocycles. The van der Waals surface area contributed by atoms with Gasteiger partial charge in [0.15, 0.2) is 11.5 Å². The van der Waals surface area contributed by atoms with Crippen molar-refractivity contribution < 1.29 is 14.3 Å². The van der Waals surface area contributed by atoms with Crippen LogP contribution in [0.25, 0.3) is 5.69 Å². The number of fused-ring (bicyclic) bond motifs is 1. The van der Waals surface area contributed by atoms with Crippen molar-refractivity contribution in [3.63, 3.8) is 0 Å². The smallest absolute Gasteiger partial charge is 0.268 e. The van der Waals surface area contributed by atoms with E-state index < -0.39 is 0 Å². The van der Waals surface area contributed by atoms with Gasteiger partial charge in [0.2, 0.25) is 6.79 Å². The van der Waals surface area contributed by atoms with E-state index in [1.807, 2.05) is 28.7 Å². The molecule has 0 radical (unpaired) electrons. The van der Waals surface area contributed by atoms with Crippen LogP contribution < -0.4 is 15.0 Å². The Morgan fingerprint density at radius 2 is 2.06 bits per heavy atom. The van der Waals surface area contributed by atoms with E-state index in [0.29, 0.717) is 41.8 Å². The van der Waals surface area contributed by atoms with Gasteiger partial charge in [-0.05, 0) is 49.4 Å². The van der Waals surface area contributed by atoms with Gasteiger partial charge in [0, 0.05) is 44.3 Å². The van der Waals surface area contributed by atoms with Crippen molar-refractivity contribution in [3.8, 4) is 17.2 Å². The number of pyridine rings is 1. The van der Waals surface area contributed by atoms with Crippen LogP contribution in [-0.4, -0.2) is 44.8 Å². The second-order valence-corrected chi connectivity index (χ2v) is 8.11. The van der Waals surface area contributed by atoms with E-state index in [-0.39, 0.29) is 23.8 Å². The van der Waals surface area contributed by atoms with E-state index in [1.165, 1.54) is 4.57 Å². The summed E-state index contributed by atoms with van der Waals surface area (Å²) in [4.78, 5) is 32.7. The van der Waals surface area contributed by atoms with Gasteiger partial charge in [0.25, 0.3) is 11.5 Å². The SMILES string of the molecule is Cc1ccn(-c2ccc3c(c2)OCO3)c(=O)c1C(=O)N1CCCC(Cn2ccnc2)C1. The number of nitrogens with zero attached hydrogens (tertiary/aromatic N) is 4. The topological polar surface area (TPSA) is 78.6 Å². The second-order valence-electron chi connectivity index (χ2n) is 8.11. The fourth-order valence-corrected chi connectivity index (χ4v) is 4.37. The number of aromatic nitrogens is 3. The summed E-state index contributed by atoms with van der Waals surface area (Å²) < 4.78 is 14.3. The number of aryl methyl sites for hydroxylation is 1. The molecule has 160 valence electrons. The predicted molar refractivity (Wildman–Crippen MR) is 114 cm³/mol. The predicted octanol–water partition coefficient (Wildman–Crippen LogP) is 2.62. The monoisotopic (exact) mass is 420 g/mol. The lowest BCUT2D eigenvalue weighted by atomic mass is 9.97. The Kier molecular flexibility index (Phi) is 4.97. The molecule has 1 fully saturated rings. The van der Waals surface area contributed by atoms with Crippen LogP contribution in [0.2, 0.25) is 0 Å². The molecule has 8 nitrogen and oxygen atoms in total. The normalized spacial score (nSPS) is 17.7. The summed E-state index contributed by atoms with van der Waals surface area (Å²) >= 11 is 0. The zero-order valence-corrected chi connectivity index (χ0v) is 17.4. The number of amides is 1. The summed E-state index contributed by atoms with van der Waals surface area (Å²) in [5.74, 6) is 1.38. The first kappa shape index (κ1) is 19.4. The first-order valence-electron chi connectivity index (χ1n) is 10.5. The average molecular weight is 420 g/mol. The van der Waals surface area contributed by atoms with E-state index >= 15 is 0 Å². The summed E-state index contributed by atoms with van der Waals surface area (Å²) in [6.45, 7) is 4.09. The van der Waals surface area contributed by atoms with Crippen LogP contribution in [0.4, 0.5) is 0 Å². The van der Waals surface area contributed by atoms with Crippen LogP contribution in [0.5, 0.6) is 11.5 Å². The number of hydrogen-bond acceptors (Lipinski definition) is 5. The van der Waals surface area contributed by atoms with Crippen LogP contribution in [0, 0.1) is 12.8 Å². The van der Waals surface area contributed by atoms with Crippen LogP contribution >= 0.6 is 0 Å². The molecule has 0 N–H and O–H groups in total. The summed E-state index contributed by atoms with van der Waals surface area (Å²) in [5, 5.41) is 0. The van der Waals surface area contributed by atoms with E-state index in [9.17, 15) is 9.59 Å². The first-order chi connectivity index (χ1) is 15.1. The van der Waals surface area contributed by atoms with Gasteiger partial charge in [-0.25, -0.2) is 4.98 Å². The number of piperidine rings is 1. The number of carbonyl (C=O) groups is 1. The van der Waals surface area contributed by atoms with Gasteiger partial charge in [-0.1, -0.05) is 0 Å². The number of ether oxygens (including phenoxy) is 2. The van der Waals surface area contributed by atoms with Gasteiger partial charge < -0.3 is 18.9 Å². The average Bonchev–Trinajstić information content (AvgIpc) is 3.45. The van der Waals surface area contributed by atoms with E-state index in [0.717, 1.165) is 19.4 Å². The first-order valence-corrected chi connectivity index (χ1v) is 10.5. The molecule has 0 spiro atoms. The zero-order valence-electron chi connectivity index (χ0n) is 17.4. The molecule has 2 aliphatic rings. The van der Waals surface area contributed by atoms with Crippen LogP contribution in [0.15, 0.2) is 54.0 Å². The third-order valence-electron chi connectivity index (χ3n) is 5.98. The van der Waals surface area contributed by atoms with Crippen molar-refractivity contribution in [2.75, 3.05) is 19.9 Å². The summed E-state index contributed by atoms with van der Waals surface area (Å²) in [5.41, 5.74) is 1.23. The Morgan fingerprint density at radius 3 is 2.90 bits per heavy atom. The molecule has 8 heteroatoms. The molecule has 1 amide bonds. The third-order valence-corrected chi connectivity index (χ3v) is 5.98. The molecule has 2 aromatic heterocycles. The molecule has 0 bridgehead atoms. The molecular weight excluding hydrogens is 396 g/mol. The number of rotatable bonds is 4. The van der Waals surface area contributed by atoms with Crippen molar-refractivity contribution in [2.24, 2.45) is 5.92 Å². The Balaban J connectivity index is 1.42. The minimum Gasteiger partial charge on any atom is -0.454 e. The van der Waals surface area contributed by atoms with Gasteiger partial charge >= 0.3 is 0 Å². The molecule has 1 unspecified atom stereocenters. The van der Waals surface area contributed by atoms with Gasteiger partial charge in [0.1, 0.15) is 5.56 Å². The maximum absolute atomic E-state index is 13.4. The zero-order chi connectivity index (χ0) is 21.4. The highest BCUT2D eigenvalue weighted by Crippen LogP contribution is 2.33. The van der Waals surface area contributed by atoms with Crippen molar-refractivity contribution >= 4 is 5.91 Å². The molecule has 1 saturated heterocycles. The van der Waals surface area contributed by atoms with E-state index in [4.69, 9.17) is 9.47 Å². The number of likely N-dealkylation sites (tertiary alicyclic amines) is 1. The highest BCUT2D eigenvalue weighted by Gasteiger charge is 2.28. The van der Waals surface area contributed by atoms with Gasteiger partial charge in [-0.3, -0.25) is 14.2 Å². The molecule has 4 heterocycles. The van der Waals surface area contributed by atoms with Crippen LogP contribution in [0.3, 0.4) is 0 Å². The molecule has 1 aromatic carbocycles. The molecule has 5 rings (SSSR count). The maximum atomic E-state index is 13.4. The molecule has 1 atom stereocenters. The highest BCUT2D eigenvalue weighted by molar-refractivity contribution is 5.95. The number of carbonyl (C=O) groups excluding carboxylic acids is 1. The highest BCUT2D eigenvalue weighted by atomic mass is 16.7. The Morgan fingerprint density at radius 1 is 1.19 bits per heavy atom. The second kappa shape index (κ2) is 7.94. The number of imidazole rings is 1.